The second kappa shape index (κ2) is 5.53. The fraction of sp³-hybridized carbons (Fsp3) is 0.125. The van der Waals surface area contributed by atoms with Crippen LogP contribution < -0.4 is 4.72 Å². The van der Waals surface area contributed by atoms with Crippen molar-refractivity contribution in [3.8, 4) is 0 Å². The SMILES string of the molecule is Cc1noc(NS(=O)(=O)c2c(Cl)sc(Cl)c2Br)c1Br. The number of rotatable bonds is 3. The first kappa shape index (κ1) is 15.6. The van der Waals surface area contributed by atoms with Crippen LogP contribution in [0.15, 0.2) is 18.4 Å². The Balaban J connectivity index is 2.47. The van der Waals surface area contributed by atoms with E-state index < -0.39 is 10.0 Å². The Morgan fingerprint density at radius 2 is 1.89 bits per heavy atom. The van der Waals surface area contributed by atoms with Crippen LogP contribution in [0.1, 0.15) is 5.69 Å². The topological polar surface area (TPSA) is 72.2 Å². The third-order valence-corrected chi connectivity index (χ3v) is 7.75. The zero-order valence-corrected chi connectivity index (χ0v) is 15.3. The Hall–Kier alpha value is 0.200. The van der Waals surface area contributed by atoms with Crippen LogP contribution in [0.5, 0.6) is 0 Å². The number of thiophene rings is 1. The molecule has 0 radical (unpaired) electrons. The molecule has 2 aromatic heterocycles. The molecule has 2 rings (SSSR count). The van der Waals surface area contributed by atoms with Crippen LogP contribution in [0.25, 0.3) is 0 Å². The van der Waals surface area contributed by atoms with Gasteiger partial charge in [-0.1, -0.05) is 28.4 Å². The number of nitrogens with one attached hydrogen (secondary N) is 1. The van der Waals surface area contributed by atoms with Gasteiger partial charge < -0.3 is 4.52 Å². The van der Waals surface area contributed by atoms with Crippen molar-refractivity contribution in [3.63, 3.8) is 0 Å². The van der Waals surface area contributed by atoms with Gasteiger partial charge in [0.25, 0.3) is 15.9 Å². The summed E-state index contributed by atoms with van der Waals surface area (Å²) < 4.78 is 32.5. The van der Waals surface area contributed by atoms with Crippen molar-refractivity contribution in [2.75, 3.05) is 4.72 Å². The van der Waals surface area contributed by atoms with Crippen molar-refractivity contribution in [2.24, 2.45) is 0 Å². The number of sulfonamides is 1. The lowest BCUT2D eigenvalue weighted by Crippen LogP contribution is -2.13. The first-order chi connectivity index (χ1) is 8.74. The number of aromatic nitrogens is 1. The average molecular weight is 471 g/mol. The highest BCUT2D eigenvalue weighted by molar-refractivity contribution is 9.11. The molecule has 0 aromatic carbocycles. The van der Waals surface area contributed by atoms with Gasteiger partial charge in [0.15, 0.2) is 0 Å². The zero-order chi connectivity index (χ0) is 14.4. The van der Waals surface area contributed by atoms with Gasteiger partial charge in [0.1, 0.15) is 18.0 Å². The van der Waals surface area contributed by atoms with Crippen LogP contribution in [0.4, 0.5) is 5.88 Å². The largest absolute Gasteiger partial charge is 0.336 e. The molecule has 0 aliphatic carbocycles. The quantitative estimate of drug-likeness (QED) is 0.707. The van der Waals surface area contributed by atoms with Crippen molar-refractivity contribution < 1.29 is 12.9 Å². The van der Waals surface area contributed by atoms with Gasteiger partial charge in [-0.3, -0.25) is 0 Å². The molecule has 1 N–H and O–H groups in total. The van der Waals surface area contributed by atoms with Crippen molar-refractivity contribution in [3.05, 3.63) is 23.3 Å². The zero-order valence-electron chi connectivity index (χ0n) is 9.00. The van der Waals surface area contributed by atoms with Crippen molar-refractivity contribution >= 4 is 82.3 Å². The molecule has 0 saturated heterocycles. The van der Waals surface area contributed by atoms with E-state index in [2.05, 4.69) is 41.7 Å². The molecule has 0 aliphatic heterocycles. The Kier molecular flexibility index (Phi) is 4.54. The molecule has 0 atom stereocenters. The van der Waals surface area contributed by atoms with Crippen LogP contribution in [-0.4, -0.2) is 13.6 Å². The Labute approximate surface area is 139 Å². The molecule has 0 aliphatic rings. The first-order valence-corrected chi connectivity index (χ1v) is 9.16. The van der Waals surface area contributed by atoms with Gasteiger partial charge in [-0.05, 0) is 38.8 Å². The highest BCUT2D eigenvalue weighted by atomic mass is 79.9. The van der Waals surface area contributed by atoms with E-state index in [0.717, 1.165) is 11.3 Å². The smallest absolute Gasteiger partial charge is 0.267 e. The maximum atomic E-state index is 12.2. The Morgan fingerprint density at radius 1 is 1.26 bits per heavy atom. The second-order valence-corrected chi connectivity index (χ2v) is 8.74. The number of hydrogen-bond donors (Lipinski definition) is 1. The van der Waals surface area contributed by atoms with Crippen molar-refractivity contribution in [1.29, 1.82) is 0 Å². The summed E-state index contributed by atoms with van der Waals surface area (Å²) in [6.45, 7) is 1.66. The minimum atomic E-state index is -3.93. The van der Waals surface area contributed by atoms with E-state index in [0.29, 0.717) is 10.2 Å². The van der Waals surface area contributed by atoms with Gasteiger partial charge in [0.05, 0.1) is 10.2 Å². The van der Waals surface area contributed by atoms with E-state index >= 15 is 0 Å². The van der Waals surface area contributed by atoms with E-state index in [1.807, 2.05) is 0 Å². The van der Waals surface area contributed by atoms with Crippen molar-refractivity contribution in [2.45, 2.75) is 11.8 Å². The summed E-state index contributed by atoms with van der Waals surface area (Å²) in [5, 5.41) is 3.63. The van der Waals surface area contributed by atoms with Gasteiger partial charge in [-0.15, -0.1) is 11.3 Å². The summed E-state index contributed by atoms with van der Waals surface area (Å²) >= 11 is 18.9. The molecule has 2 aromatic rings. The van der Waals surface area contributed by atoms with E-state index in [1.54, 1.807) is 6.92 Å². The summed E-state index contributed by atoms with van der Waals surface area (Å²) in [7, 11) is -3.93. The van der Waals surface area contributed by atoms with Crippen LogP contribution in [0.2, 0.25) is 8.67 Å². The lowest BCUT2D eigenvalue weighted by atomic mass is 10.5. The number of anilines is 1. The predicted molar refractivity (Wildman–Crippen MR) is 81.8 cm³/mol. The number of halogens is 4. The van der Waals surface area contributed by atoms with Gasteiger partial charge in [-0.25, -0.2) is 13.1 Å². The number of aryl methyl sites for hydroxylation is 1. The molecule has 0 bridgehead atoms. The number of hydrogen-bond acceptors (Lipinski definition) is 5. The predicted octanol–water partition coefficient (Wildman–Crippen LogP) is 4.68. The molecule has 0 fully saturated rings. The monoisotopic (exact) mass is 468 g/mol. The van der Waals surface area contributed by atoms with Gasteiger partial charge in [0, 0.05) is 0 Å². The summed E-state index contributed by atoms with van der Waals surface area (Å²) in [6.07, 6.45) is 0. The van der Waals surface area contributed by atoms with E-state index in [4.69, 9.17) is 27.7 Å². The maximum absolute atomic E-state index is 12.2. The second-order valence-electron chi connectivity index (χ2n) is 3.31. The van der Waals surface area contributed by atoms with E-state index in [1.165, 1.54) is 0 Å². The van der Waals surface area contributed by atoms with Crippen molar-refractivity contribution in [1.82, 2.24) is 5.16 Å². The first-order valence-electron chi connectivity index (χ1n) is 4.52. The molecule has 104 valence electrons. The van der Waals surface area contributed by atoms with Gasteiger partial charge >= 0.3 is 0 Å². The van der Waals surface area contributed by atoms with Crippen LogP contribution in [0.3, 0.4) is 0 Å². The fourth-order valence-corrected chi connectivity index (χ4v) is 6.09. The lowest BCUT2D eigenvalue weighted by molar-refractivity contribution is 0.430. The minimum Gasteiger partial charge on any atom is -0.336 e. The highest BCUT2D eigenvalue weighted by Gasteiger charge is 2.28. The van der Waals surface area contributed by atoms with Crippen LogP contribution in [-0.2, 0) is 10.0 Å². The average Bonchev–Trinajstić information content (AvgIpc) is 2.73. The molecular formula is C8H4Br2Cl2N2O3S2. The molecular weight excluding hydrogens is 467 g/mol. The summed E-state index contributed by atoms with van der Waals surface area (Å²) in [6, 6.07) is 0. The third-order valence-electron chi connectivity index (χ3n) is 2.02. The summed E-state index contributed by atoms with van der Waals surface area (Å²) in [5.74, 6) is -0.0252. The summed E-state index contributed by atoms with van der Waals surface area (Å²) in [4.78, 5) is -0.134. The number of nitrogens with zero attached hydrogens (tertiary/aromatic N) is 1. The molecule has 19 heavy (non-hydrogen) atoms. The fourth-order valence-electron chi connectivity index (χ4n) is 1.16. The lowest BCUT2D eigenvalue weighted by Gasteiger charge is -2.04. The molecule has 0 unspecified atom stereocenters. The van der Waals surface area contributed by atoms with Crippen LogP contribution in [0, 0.1) is 6.92 Å². The summed E-state index contributed by atoms with van der Waals surface area (Å²) in [5.41, 5.74) is 0.520. The van der Waals surface area contributed by atoms with Gasteiger partial charge in [0.2, 0.25) is 0 Å². The standard InChI is InChI=1S/C8H4Br2Cl2N2O3S2/c1-2-3(9)8(17-13-2)14-19(15,16)5-4(10)6(11)18-7(5)12/h14H,1H3. The normalized spacial score (nSPS) is 11.8. The highest BCUT2D eigenvalue weighted by Crippen LogP contribution is 2.43. The van der Waals surface area contributed by atoms with Crippen LogP contribution >= 0.6 is 66.4 Å². The molecule has 0 spiro atoms. The molecule has 11 heteroatoms. The van der Waals surface area contributed by atoms with Gasteiger partial charge in [-0.2, -0.15) is 0 Å². The third kappa shape index (κ3) is 2.96. The molecule has 5 nitrogen and oxygen atoms in total. The minimum absolute atomic E-state index is 0.0252. The Morgan fingerprint density at radius 3 is 2.32 bits per heavy atom. The van der Waals surface area contributed by atoms with E-state index in [-0.39, 0.29) is 23.9 Å². The molecule has 0 saturated carbocycles. The molecule has 0 amide bonds. The maximum Gasteiger partial charge on any atom is 0.267 e. The Bertz CT molecular complexity index is 742. The van der Waals surface area contributed by atoms with E-state index in [9.17, 15) is 8.42 Å². The molecule has 2 heterocycles.